The Labute approximate surface area is 120 Å². The fraction of sp³-hybridized carbons (Fsp3) is 0.0714. The van der Waals surface area contributed by atoms with Crippen LogP contribution in [0.15, 0.2) is 36.4 Å². The van der Waals surface area contributed by atoms with Crippen LogP contribution in [0.25, 0.3) is 0 Å². The molecule has 0 spiro atoms. The second-order valence-electron chi connectivity index (χ2n) is 4.01. The summed E-state index contributed by atoms with van der Waals surface area (Å²) in [6.07, 6.45) is 0. The first-order valence-electron chi connectivity index (χ1n) is 5.72. The number of nitrogens with two attached hydrogens (primary N) is 1. The molecule has 0 aliphatic heterocycles. The molecular weight excluding hydrogens is 283 g/mol. The number of anilines is 2. The Morgan fingerprint density at radius 1 is 1.35 bits per heavy atom. The number of amides is 1. The highest BCUT2D eigenvalue weighted by atomic mass is 35.5. The molecule has 0 heterocycles. The zero-order chi connectivity index (χ0) is 14.7. The van der Waals surface area contributed by atoms with Gasteiger partial charge in [-0.05, 0) is 30.3 Å². The Balaban J connectivity index is 2.35. The van der Waals surface area contributed by atoms with Gasteiger partial charge in [0.25, 0.3) is 5.91 Å². The summed E-state index contributed by atoms with van der Waals surface area (Å²) in [4.78, 5) is 12.1. The van der Waals surface area contributed by atoms with Crippen LogP contribution in [0.2, 0.25) is 5.02 Å². The number of nitrogens with one attached hydrogen (secondary N) is 1. The van der Waals surface area contributed by atoms with Crippen LogP contribution in [0.5, 0.6) is 5.75 Å². The lowest BCUT2D eigenvalue weighted by molar-refractivity contribution is 0.102. The fourth-order valence-corrected chi connectivity index (χ4v) is 1.97. The van der Waals surface area contributed by atoms with E-state index in [2.05, 4.69) is 5.32 Å². The van der Waals surface area contributed by atoms with Gasteiger partial charge in [-0.25, -0.2) is 4.39 Å². The van der Waals surface area contributed by atoms with Gasteiger partial charge in [-0.3, -0.25) is 4.79 Å². The molecule has 20 heavy (non-hydrogen) atoms. The van der Waals surface area contributed by atoms with E-state index >= 15 is 0 Å². The molecule has 2 rings (SSSR count). The predicted molar refractivity (Wildman–Crippen MR) is 76.8 cm³/mol. The van der Waals surface area contributed by atoms with Gasteiger partial charge in [-0.15, -0.1) is 0 Å². The van der Waals surface area contributed by atoms with Crippen molar-refractivity contribution in [2.45, 2.75) is 0 Å². The molecule has 0 radical (unpaired) electrons. The minimum Gasteiger partial charge on any atom is -0.495 e. The summed E-state index contributed by atoms with van der Waals surface area (Å²) < 4.78 is 18.8. The SMILES string of the molecule is COc1ccc(N)cc1NC(=O)c1c(F)cccc1Cl. The number of rotatable bonds is 3. The molecule has 0 unspecified atom stereocenters. The standard InChI is InChI=1S/C14H12ClFN2O2/c1-20-12-6-5-8(17)7-11(12)18-14(19)13-9(15)3-2-4-10(13)16/h2-7H,17H2,1H3,(H,18,19). The number of hydrogen-bond acceptors (Lipinski definition) is 3. The molecule has 0 atom stereocenters. The number of carbonyl (C=O) groups is 1. The van der Waals surface area contributed by atoms with Gasteiger partial charge in [-0.1, -0.05) is 17.7 Å². The van der Waals surface area contributed by atoms with E-state index in [1.165, 1.54) is 25.3 Å². The summed E-state index contributed by atoms with van der Waals surface area (Å²) >= 11 is 5.84. The minimum atomic E-state index is -0.696. The molecule has 0 saturated carbocycles. The van der Waals surface area contributed by atoms with Crippen molar-refractivity contribution >= 4 is 28.9 Å². The van der Waals surface area contributed by atoms with Crippen molar-refractivity contribution in [1.82, 2.24) is 0 Å². The van der Waals surface area contributed by atoms with Crippen LogP contribution < -0.4 is 15.8 Å². The molecule has 2 aromatic rings. The quantitative estimate of drug-likeness (QED) is 0.854. The second-order valence-corrected chi connectivity index (χ2v) is 4.42. The van der Waals surface area contributed by atoms with E-state index in [0.717, 1.165) is 6.07 Å². The maximum absolute atomic E-state index is 13.7. The van der Waals surface area contributed by atoms with E-state index in [1.54, 1.807) is 12.1 Å². The van der Waals surface area contributed by atoms with Gasteiger partial charge in [0.15, 0.2) is 0 Å². The third-order valence-corrected chi connectivity index (χ3v) is 2.98. The van der Waals surface area contributed by atoms with Crippen molar-refractivity contribution in [3.05, 3.63) is 52.8 Å². The normalized spacial score (nSPS) is 10.2. The number of ether oxygens (including phenoxy) is 1. The Morgan fingerprint density at radius 3 is 2.75 bits per heavy atom. The number of carbonyl (C=O) groups excluding carboxylic acids is 1. The maximum Gasteiger partial charge on any atom is 0.260 e. The van der Waals surface area contributed by atoms with Crippen molar-refractivity contribution < 1.29 is 13.9 Å². The lowest BCUT2D eigenvalue weighted by Crippen LogP contribution is -2.15. The van der Waals surface area contributed by atoms with Gasteiger partial charge in [-0.2, -0.15) is 0 Å². The highest BCUT2D eigenvalue weighted by molar-refractivity contribution is 6.34. The number of methoxy groups -OCH3 is 1. The summed E-state index contributed by atoms with van der Waals surface area (Å²) in [5.74, 6) is -0.949. The highest BCUT2D eigenvalue weighted by Gasteiger charge is 2.17. The summed E-state index contributed by atoms with van der Waals surface area (Å²) in [6, 6.07) is 8.78. The molecule has 0 saturated heterocycles. The Hall–Kier alpha value is -2.27. The molecule has 1 amide bonds. The molecule has 2 aromatic carbocycles. The van der Waals surface area contributed by atoms with Crippen LogP contribution in [-0.4, -0.2) is 13.0 Å². The summed E-state index contributed by atoms with van der Waals surface area (Å²) in [6.45, 7) is 0. The maximum atomic E-state index is 13.7. The minimum absolute atomic E-state index is 0.0327. The van der Waals surface area contributed by atoms with Gasteiger partial charge in [0, 0.05) is 5.69 Å². The number of benzene rings is 2. The predicted octanol–water partition coefficient (Wildman–Crippen LogP) is 3.32. The van der Waals surface area contributed by atoms with Crippen molar-refractivity contribution in [3.63, 3.8) is 0 Å². The molecule has 104 valence electrons. The van der Waals surface area contributed by atoms with E-state index in [4.69, 9.17) is 22.1 Å². The lowest BCUT2D eigenvalue weighted by atomic mass is 10.2. The van der Waals surface area contributed by atoms with Crippen LogP contribution in [0.1, 0.15) is 10.4 Å². The lowest BCUT2D eigenvalue weighted by Gasteiger charge is -2.12. The molecule has 6 heteroatoms. The molecule has 0 aliphatic rings. The average Bonchev–Trinajstić information content (AvgIpc) is 2.38. The van der Waals surface area contributed by atoms with E-state index in [0.29, 0.717) is 17.1 Å². The number of halogens is 2. The van der Waals surface area contributed by atoms with Gasteiger partial charge in [0.1, 0.15) is 11.6 Å². The molecule has 0 aromatic heterocycles. The summed E-state index contributed by atoms with van der Waals surface area (Å²) in [5, 5.41) is 2.56. The number of hydrogen-bond donors (Lipinski definition) is 2. The monoisotopic (exact) mass is 294 g/mol. The third-order valence-electron chi connectivity index (χ3n) is 2.66. The van der Waals surface area contributed by atoms with Crippen LogP contribution in [0.3, 0.4) is 0 Å². The molecule has 0 aliphatic carbocycles. The zero-order valence-electron chi connectivity index (χ0n) is 10.6. The molecular formula is C14H12ClFN2O2. The van der Waals surface area contributed by atoms with E-state index in [1.807, 2.05) is 0 Å². The third kappa shape index (κ3) is 2.83. The van der Waals surface area contributed by atoms with E-state index in [-0.39, 0.29) is 10.6 Å². The first-order valence-corrected chi connectivity index (χ1v) is 6.09. The van der Waals surface area contributed by atoms with Gasteiger partial charge >= 0.3 is 0 Å². The van der Waals surface area contributed by atoms with Crippen molar-refractivity contribution in [1.29, 1.82) is 0 Å². The average molecular weight is 295 g/mol. The number of nitrogen functional groups attached to an aromatic ring is 1. The molecule has 4 nitrogen and oxygen atoms in total. The smallest absolute Gasteiger partial charge is 0.260 e. The first-order chi connectivity index (χ1) is 9.52. The Kier molecular flexibility index (Phi) is 4.10. The van der Waals surface area contributed by atoms with Crippen LogP contribution in [0.4, 0.5) is 15.8 Å². The van der Waals surface area contributed by atoms with Crippen LogP contribution >= 0.6 is 11.6 Å². The highest BCUT2D eigenvalue weighted by Crippen LogP contribution is 2.28. The van der Waals surface area contributed by atoms with E-state index < -0.39 is 11.7 Å². The first kappa shape index (κ1) is 14.1. The molecule has 0 fully saturated rings. The van der Waals surface area contributed by atoms with Crippen molar-refractivity contribution in [2.75, 3.05) is 18.2 Å². The summed E-state index contributed by atoms with van der Waals surface area (Å²) in [7, 11) is 1.46. The molecule has 3 N–H and O–H groups in total. The Morgan fingerprint density at radius 2 is 2.10 bits per heavy atom. The molecule has 0 bridgehead atoms. The van der Waals surface area contributed by atoms with Gasteiger partial charge < -0.3 is 15.8 Å². The van der Waals surface area contributed by atoms with E-state index in [9.17, 15) is 9.18 Å². The van der Waals surface area contributed by atoms with Gasteiger partial charge in [0.2, 0.25) is 0 Å². The van der Waals surface area contributed by atoms with Crippen LogP contribution in [0, 0.1) is 5.82 Å². The fourth-order valence-electron chi connectivity index (χ4n) is 1.72. The Bertz CT molecular complexity index is 641. The zero-order valence-corrected chi connectivity index (χ0v) is 11.4. The van der Waals surface area contributed by atoms with Crippen molar-refractivity contribution in [2.24, 2.45) is 0 Å². The van der Waals surface area contributed by atoms with Crippen molar-refractivity contribution in [3.8, 4) is 5.75 Å². The second kappa shape index (κ2) is 5.79. The van der Waals surface area contributed by atoms with Gasteiger partial charge in [0.05, 0.1) is 23.4 Å². The largest absolute Gasteiger partial charge is 0.495 e. The van der Waals surface area contributed by atoms with Crippen LogP contribution in [-0.2, 0) is 0 Å². The topological polar surface area (TPSA) is 64.3 Å². The summed E-state index contributed by atoms with van der Waals surface area (Å²) in [5.41, 5.74) is 6.22.